The first-order valence-corrected chi connectivity index (χ1v) is 20.0. The summed E-state index contributed by atoms with van der Waals surface area (Å²) in [5.41, 5.74) is 12.9. The van der Waals surface area contributed by atoms with Crippen molar-refractivity contribution in [2.75, 3.05) is 9.80 Å². The standard InChI is InChI=1S/C52H48N2S/c1-51(2,3)41-26-29-44(30-27-41)54(50-34-39-22-16-17-25-49(39)55-50)46-33-40(37-18-10-7-11-19-37)32-45(36-46)53(43-23-14-9-15-24-43)48-31-28-42(52(4,5)6)35-47(48)38-20-12-8-13-21-38/h7-36H,1-6H3. The SMILES string of the molecule is CC(C)(C)c1ccc(N(c2cc(-c3ccccc3)cc(N(c3ccccc3)c3ccc(C(C)(C)C)cc3-c3ccccc3)c2)c2cc3ccccc3s2)cc1. The van der Waals surface area contributed by atoms with Crippen LogP contribution in [0.1, 0.15) is 52.7 Å². The van der Waals surface area contributed by atoms with E-state index in [-0.39, 0.29) is 10.8 Å². The molecule has 0 bridgehead atoms. The van der Waals surface area contributed by atoms with E-state index in [2.05, 4.69) is 233 Å². The van der Waals surface area contributed by atoms with Crippen molar-refractivity contribution in [1.29, 1.82) is 0 Å². The lowest BCUT2D eigenvalue weighted by Gasteiger charge is -2.32. The Morgan fingerprint density at radius 1 is 0.382 bits per heavy atom. The highest BCUT2D eigenvalue weighted by Crippen LogP contribution is 2.48. The van der Waals surface area contributed by atoms with E-state index in [1.165, 1.54) is 42.9 Å². The Labute approximate surface area is 331 Å². The van der Waals surface area contributed by atoms with Crippen LogP contribution < -0.4 is 9.80 Å². The van der Waals surface area contributed by atoms with E-state index in [9.17, 15) is 0 Å². The Balaban J connectivity index is 1.41. The number of thiophene rings is 1. The molecule has 0 aliphatic heterocycles. The second kappa shape index (κ2) is 14.7. The summed E-state index contributed by atoms with van der Waals surface area (Å²) in [5.74, 6) is 0. The summed E-state index contributed by atoms with van der Waals surface area (Å²) in [7, 11) is 0. The van der Waals surface area contributed by atoms with Crippen LogP contribution in [-0.2, 0) is 10.8 Å². The topological polar surface area (TPSA) is 6.48 Å². The molecule has 55 heavy (non-hydrogen) atoms. The highest BCUT2D eigenvalue weighted by atomic mass is 32.1. The Morgan fingerprint density at radius 3 is 1.53 bits per heavy atom. The number of anilines is 6. The molecule has 0 saturated carbocycles. The van der Waals surface area contributed by atoms with Crippen LogP contribution in [0.5, 0.6) is 0 Å². The van der Waals surface area contributed by atoms with Gasteiger partial charge in [0, 0.05) is 33.0 Å². The minimum absolute atomic E-state index is 0.00662. The van der Waals surface area contributed by atoms with Gasteiger partial charge < -0.3 is 9.80 Å². The van der Waals surface area contributed by atoms with Crippen LogP contribution in [0.15, 0.2) is 182 Å². The van der Waals surface area contributed by atoms with Gasteiger partial charge in [0.05, 0.1) is 5.69 Å². The molecule has 272 valence electrons. The van der Waals surface area contributed by atoms with Gasteiger partial charge in [-0.05, 0) is 111 Å². The highest BCUT2D eigenvalue weighted by molar-refractivity contribution is 7.23. The molecule has 0 atom stereocenters. The van der Waals surface area contributed by atoms with E-state index in [0.29, 0.717) is 0 Å². The van der Waals surface area contributed by atoms with Crippen molar-refractivity contribution in [2.24, 2.45) is 0 Å². The Kier molecular flexibility index (Phi) is 9.67. The van der Waals surface area contributed by atoms with Crippen molar-refractivity contribution < 1.29 is 0 Å². The molecule has 7 aromatic carbocycles. The predicted octanol–water partition coefficient (Wildman–Crippen LogP) is 15.8. The van der Waals surface area contributed by atoms with Crippen LogP contribution in [0.3, 0.4) is 0 Å². The fraction of sp³-hybridized carbons (Fsp3) is 0.154. The molecule has 0 aliphatic carbocycles. The van der Waals surface area contributed by atoms with Crippen LogP contribution in [0.2, 0.25) is 0 Å². The Bertz CT molecular complexity index is 2510. The average Bonchev–Trinajstić information content (AvgIpc) is 3.62. The number of rotatable bonds is 8. The summed E-state index contributed by atoms with van der Waals surface area (Å²) in [5, 5.41) is 2.42. The van der Waals surface area contributed by atoms with Gasteiger partial charge in [-0.15, -0.1) is 11.3 Å². The summed E-state index contributed by atoms with van der Waals surface area (Å²) in [6.45, 7) is 13.7. The highest BCUT2D eigenvalue weighted by Gasteiger charge is 2.24. The van der Waals surface area contributed by atoms with E-state index in [1.807, 2.05) is 11.3 Å². The smallest absolute Gasteiger partial charge is 0.101 e. The molecule has 0 unspecified atom stereocenters. The van der Waals surface area contributed by atoms with Crippen molar-refractivity contribution in [3.8, 4) is 22.3 Å². The molecule has 0 saturated heterocycles. The Hall–Kier alpha value is -5.90. The lowest BCUT2D eigenvalue weighted by Crippen LogP contribution is -2.16. The molecule has 0 fully saturated rings. The van der Waals surface area contributed by atoms with Gasteiger partial charge in [-0.3, -0.25) is 0 Å². The summed E-state index contributed by atoms with van der Waals surface area (Å²) in [6, 6.07) is 66.7. The molecular weight excluding hydrogens is 685 g/mol. The minimum atomic E-state index is -0.00662. The van der Waals surface area contributed by atoms with Crippen molar-refractivity contribution in [2.45, 2.75) is 52.4 Å². The maximum atomic E-state index is 2.44. The van der Waals surface area contributed by atoms with E-state index >= 15 is 0 Å². The van der Waals surface area contributed by atoms with Crippen molar-refractivity contribution in [3.63, 3.8) is 0 Å². The molecule has 2 nitrogen and oxygen atoms in total. The third kappa shape index (κ3) is 7.58. The molecule has 0 N–H and O–H groups in total. The van der Waals surface area contributed by atoms with E-state index in [0.717, 1.165) is 34.0 Å². The number of hydrogen-bond donors (Lipinski definition) is 0. The lowest BCUT2D eigenvalue weighted by molar-refractivity contribution is 0.590. The normalized spacial score (nSPS) is 11.8. The summed E-state index contributed by atoms with van der Waals surface area (Å²) < 4.78 is 1.27. The van der Waals surface area contributed by atoms with Crippen LogP contribution >= 0.6 is 11.3 Å². The molecule has 0 spiro atoms. The summed E-state index contributed by atoms with van der Waals surface area (Å²) in [4.78, 5) is 4.88. The number of fused-ring (bicyclic) bond motifs is 1. The van der Waals surface area contributed by atoms with Crippen molar-refractivity contribution in [1.82, 2.24) is 0 Å². The third-order valence-corrected chi connectivity index (χ3v) is 11.5. The molecule has 3 heteroatoms. The maximum Gasteiger partial charge on any atom is 0.101 e. The molecule has 0 aliphatic rings. The van der Waals surface area contributed by atoms with Crippen molar-refractivity contribution >= 4 is 54.9 Å². The number of benzene rings is 7. The van der Waals surface area contributed by atoms with Crippen LogP contribution in [-0.4, -0.2) is 0 Å². The molecule has 1 heterocycles. The number of para-hydroxylation sites is 1. The number of nitrogens with zero attached hydrogens (tertiary/aromatic N) is 2. The summed E-state index contributed by atoms with van der Waals surface area (Å²) in [6.07, 6.45) is 0. The second-order valence-electron chi connectivity index (χ2n) is 16.4. The fourth-order valence-electron chi connectivity index (χ4n) is 7.29. The summed E-state index contributed by atoms with van der Waals surface area (Å²) >= 11 is 1.83. The van der Waals surface area contributed by atoms with Gasteiger partial charge in [0.2, 0.25) is 0 Å². The molecule has 8 aromatic rings. The molecule has 0 radical (unpaired) electrons. The third-order valence-electron chi connectivity index (χ3n) is 10.4. The molecule has 0 amide bonds. The zero-order valence-corrected chi connectivity index (χ0v) is 33.4. The first-order chi connectivity index (χ1) is 26.5. The van der Waals surface area contributed by atoms with E-state index in [1.54, 1.807) is 0 Å². The van der Waals surface area contributed by atoms with Crippen LogP contribution in [0.25, 0.3) is 32.3 Å². The second-order valence-corrected chi connectivity index (χ2v) is 17.4. The predicted molar refractivity (Wildman–Crippen MR) is 239 cm³/mol. The fourth-order valence-corrected chi connectivity index (χ4v) is 8.40. The van der Waals surface area contributed by atoms with Gasteiger partial charge in [-0.25, -0.2) is 0 Å². The maximum absolute atomic E-state index is 2.44. The van der Waals surface area contributed by atoms with Crippen LogP contribution in [0.4, 0.5) is 33.4 Å². The van der Waals surface area contributed by atoms with E-state index < -0.39 is 0 Å². The largest absolute Gasteiger partial charge is 0.310 e. The van der Waals surface area contributed by atoms with Gasteiger partial charge in [-0.1, -0.05) is 157 Å². The zero-order chi connectivity index (χ0) is 38.2. The first kappa shape index (κ1) is 36.1. The zero-order valence-electron chi connectivity index (χ0n) is 32.6. The van der Waals surface area contributed by atoms with Gasteiger partial charge in [-0.2, -0.15) is 0 Å². The average molecular weight is 733 g/mol. The molecule has 1 aromatic heterocycles. The monoisotopic (exact) mass is 732 g/mol. The first-order valence-electron chi connectivity index (χ1n) is 19.2. The van der Waals surface area contributed by atoms with E-state index in [4.69, 9.17) is 0 Å². The minimum Gasteiger partial charge on any atom is -0.310 e. The van der Waals surface area contributed by atoms with Gasteiger partial charge in [0.15, 0.2) is 0 Å². The van der Waals surface area contributed by atoms with Gasteiger partial charge >= 0.3 is 0 Å². The van der Waals surface area contributed by atoms with Crippen LogP contribution in [0, 0.1) is 0 Å². The van der Waals surface area contributed by atoms with Gasteiger partial charge in [0.1, 0.15) is 5.00 Å². The molecule has 8 rings (SSSR count). The Morgan fingerprint density at radius 2 is 0.909 bits per heavy atom. The molecular formula is C52H48N2S. The van der Waals surface area contributed by atoms with Crippen molar-refractivity contribution in [3.05, 3.63) is 193 Å². The lowest BCUT2D eigenvalue weighted by atomic mass is 9.84. The quantitative estimate of drug-likeness (QED) is 0.153. The number of hydrogen-bond acceptors (Lipinski definition) is 3. The van der Waals surface area contributed by atoms with Gasteiger partial charge in [0.25, 0.3) is 0 Å².